The molecule has 0 radical (unpaired) electrons. The Kier molecular flexibility index (Phi) is 5.35. The molecule has 0 unspecified atom stereocenters. The van der Waals surface area contributed by atoms with Crippen molar-refractivity contribution in [3.63, 3.8) is 0 Å². The fraction of sp³-hybridized carbons (Fsp3) is 0.692. The molecular formula is C13H22N4O2. The summed E-state index contributed by atoms with van der Waals surface area (Å²) in [6.45, 7) is 2.93. The summed E-state index contributed by atoms with van der Waals surface area (Å²) in [7, 11) is 1.68. The van der Waals surface area contributed by atoms with Crippen LogP contribution in [0.25, 0.3) is 0 Å². The lowest BCUT2D eigenvalue weighted by molar-refractivity contribution is -0.121. The zero-order chi connectivity index (χ0) is 13.5. The Morgan fingerprint density at radius 1 is 1.58 bits per heavy atom. The van der Waals surface area contributed by atoms with Crippen LogP contribution in [-0.2, 0) is 22.6 Å². The van der Waals surface area contributed by atoms with E-state index in [2.05, 4.69) is 15.6 Å². The SMILES string of the molecule is COCCNCc1cncn1CCC(=O)NC1CC1. The number of aryl methyl sites for hydroxylation is 1. The molecule has 1 aromatic heterocycles. The molecule has 1 aliphatic carbocycles. The first-order chi connectivity index (χ1) is 9.29. The van der Waals surface area contributed by atoms with Gasteiger partial charge in [-0.15, -0.1) is 0 Å². The fourth-order valence-corrected chi connectivity index (χ4v) is 1.84. The summed E-state index contributed by atoms with van der Waals surface area (Å²) in [6, 6.07) is 0.436. The van der Waals surface area contributed by atoms with Crippen LogP contribution in [0.1, 0.15) is 25.0 Å². The lowest BCUT2D eigenvalue weighted by Crippen LogP contribution is -2.26. The molecule has 1 heterocycles. The van der Waals surface area contributed by atoms with Crippen molar-refractivity contribution in [1.29, 1.82) is 0 Å². The van der Waals surface area contributed by atoms with Gasteiger partial charge in [-0.1, -0.05) is 0 Å². The molecule has 0 saturated heterocycles. The largest absolute Gasteiger partial charge is 0.383 e. The van der Waals surface area contributed by atoms with E-state index in [0.717, 1.165) is 31.6 Å². The third-order valence-electron chi connectivity index (χ3n) is 3.11. The number of rotatable bonds is 9. The Morgan fingerprint density at radius 2 is 2.42 bits per heavy atom. The zero-order valence-corrected chi connectivity index (χ0v) is 11.4. The van der Waals surface area contributed by atoms with Gasteiger partial charge in [0.15, 0.2) is 0 Å². The van der Waals surface area contributed by atoms with Gasteiger partial charge >= 0.3 is 0 Å². The van der Waals surface area contributed by atoms with Crippen molar-refractivity contribution in [1.82, 2.24) is 20.2 Å². The molecule has 6 heteroatoms. The minimum atomic E-state index is 0.134. The second-order valence-corrected chi connectivity index (χ2v) is 4.84. The van der Waals surface area contributed by atoms with Crippen LogP contribution >= 0.6 is 0 Å². The minimum Gasteiger partial charge on any atom is -0.383 e. The van der Waals surface area contributed by atoms with Crippen LogP contribution in [0.5, 0.6) is 0 Å². The number of nitrogens with one attached hydrogen (secondary N) is 2. The van der Waals surface area contributed by atoms with E-state index in [4.69, 9.17) is 4.74 Å². The third kappa shape index (κ3) is 5.00. The van der Waals surface area contributed by atoms with E-state index in [-0.39, 0.29) is 5.91 Å². The van der Waals surface area contributed by atoms with Crippen molar-refractivity contribution in [3.05, 3.63) is 18.2 Å². The van der Waals surface area contributed by atoms with Crippen LogP contribution in [0.15, 0.2) is 12.5 Å². The van der Waals surface area contributed by atoms with Gasteiger partial charge in [-0.3, -0.25) is 4.79 Å². The Hall–Kier alpha value is -1.40. The van der Waals surface area contributed by atoms with Gasteiger partial charge in [0.05, 0.1) is 18.6 Å². The Labute approximate surface area is 113 Å². The number of aromatic nitrogens is 2. The number of methoxy groups -OCH3 is 1. The summed E-state index contributed by atoms with van der Waals surface area (Å²) in [5, 5.41) is 6.26. The summed E-state index contributed by atoms with van der Waals surface area (Å²) < 4.78 is 7.00. The number of imidazole rings is 1. The van der Waals surface area contributed by atoms with Crippen molar-refractivity contribution in [2.24, 2.45) is 0 Å². The number of hydrogen-bond donors (Lipinski definition) is 2. The summed E-state index contributed by atoms with van der Waals surface area (Å²) in [6.07, 6.45) is 6.38. The lowest BCUT2D eigenvalue weighted by Gasteiger charge is -2.09. The van der Waals surface area contributed by atoms with Crippen molar-refractivity contribution < 1.29 is 9.53 Å². The molecule has 0 bridgehead atoms. The van der Waals surface area contributed by atoms with Gasteiger partial charge in [0.25, 0.3) is 0 Å². The quantitative estimate of drug-likeness (QED) is 0.630. The van der Waals surface area contributed by atoms with Crippen LogP contribution in [-0.4, -0.2) is 41.8 Å². The molecule has 106 valence electrons. The maximum atomic E-state index is 11.6. The molecule has 1 saturated carbocycles. The third-order valence-corrected chi connectivity index (χ3v) is 3.11. The highest BCUT2D eigenvalue weighted by molar-refractivity contribution is 5.76. The van der Waals surface area contributed by atoms with Crippen molar-refractivity contribution in [2.45, 2.75) is 38.4 Å². The molecule has 1 fully saturated rings. The number of nitrogens with zero attached hydrogens (tertiary/aromatic N) is 2. The van der Waals surface area contributed by atoms with Crippen molar-refractivity contribution in [2.75, 3.05) is 20.3 Å². The number of ether oxygens (including phenoxy) is 1. The molecule has 0 atom stereocenters. The second kappa shape index (κ2) is 7.25. The fourth-order valence-electron chi connectivity index (χ4n) is 1.84. The predicted molar refractivity (Wildman–Crippen MR) is 71.6 cm³/mol. The maximum Gasteiger partial charge on any atom is 0.222 e. The molecule has 0 spiro atoms. The summed E-state index contributed by atoms with van der Waals surface area (Å²) in [5.41, 5.74) is 1.09. The minimum absolute atomic E-state index is 0.134. The van der Waals surface area contributed by atoms with E-state index in [1.807, 2.05) is 10.8 Å². The van der Waals surface area contributed by atoms with E-state index in [1.165, 1.54) is 0 Å². The molecule has 1 amide bonds. The van der Waals surface area contributed by atoms with E-state index in [1.54, 1.807) is 13.4 Å². The monoisotopic (exact) mass is 266 g/mol. The highest BCUT2D eigenvalue weighted by Crippen LogP contribution is 2.18. The topological polar surface area (TPSA) is 68.2 Å². The van der Waals surface area contributed by atoms with Gasteiger partial charge in [-0.2, -0.15) is 0 Å². The Bertz CT molecular complexity index is 401. The normalized spacial score (nSPS) is 14.6. The molecule has 0 aliphatic heterocycles. The van der Waals surface area contributed by atoms with Gasteiger partial charge < -0.3 is 19.9 Å². The molecule has 0 aromatic carbocycles. The van der Waals surface area contributed by atoms with Crippen molar-refractivity contribution in [3.8, 4) is 0 Å². The second-order valence-electron chi connectivity index (χ2n) is 4.84. The molecule has 2 rings (SSSR count). The van der Waals surface area contributed by atoms with E-state index < -0.39 is 0 Å². The molecule has 1 aliphatic rings. The first-order valence-electron chi connectivity index (χ1n) is 6.77. The summed E-state index contributed by atoms with van der Waals surface area (Å²) in [4.78, 5) is 15.8. The molecule has 2 N–H and O–H groups in total. The van der Waals surface area contributed by atoms with Crippen LogP contribution < -0.4 is 10.6 Å². The van der Waals surface area contributed by atoms with Crippen molar-refractivity contribution >= 4 is 5.91 Å². The molecular weight excluding hydrogens is 244 g/mol. The highest BCUT2D eigenvalue weighted by Gasteiger charge is 2.22. The number of carbonyl (C=O) groups is 1. The average Bonchev–Trinajstić information content (AvgIpc) is 3.09. The Balaban J connectivity index is 1.70. The van der Waals surface area contributed by atoms with E-state index >= 15 is 0 Å². The number of amides is 1. The van der Waals surface area contributed by atoms with Gasteiger partial charge in [0, 0.05) is 45.4 Å². The Morgan fingerprint density at radius 3 is 3.16 bits per heavy atom. The average molecular weight is 266 g/mol. The van der Waals surface area contributed by atoms with Crippen LogP contribution in [0, 0.1) is 0 Å². The summed E-state index contributed by atoms with van der Waals surface area (Å²) in [5.74, 6) is 0.134. The van der Waals surface area contributed by atoms with Gasteiger partial charge in [0.2, 0.25) is 5.91 Å². The predicted octanol–water partition coefficient (Wildman–Crippen LogP) is 0.288. The lowest BCUT2D eigenvalue weighted by atomic mass is 10.3. The van der Waals surface area contributed by atoms with Gasteiger partial charge in [-0.05, 0) is 12.8 Å². The number of hydrogen-bond acceptors (Lipinski definition) is 4. The number of carbonyl (C=O) groups excluding carboxylic acids is 1. The first kappa shape index (κ1) is 14.0. The molecule has 1 aromatic rings. The maximum absolute atomic E-state index is 11.6. The molecule has 19 heavy (non-hydrogen) atoms. The molecule has 6 nitrogen and oxygen atoms in total. The van der Waals surface area contributed by atoms with Crippen LogP contribution in [0.3, 0.4) is 0 Å². The standard InChI is InChI=1S/C13H22N4O2/c1-19-7-5-14-8-12-9-15-10-17(12)6-4-13(18)16-11-2-3-11/h9-11,14H,2-8H2,1H3,(H,16,18). The first-order valence-corrected chi connectivity index (χ1v) is 6.77. The summed E-state index contributed by atoms with van der Waals surface area (Å²) >= 11 is 0. The van der Waals surface area contributed by atoms with Gasteiger partial charge in [0.1, 0.15) is 0 Å². The van der Waals surface area contributed by atoms with E-state index in [0.29, 0.717) is 25.6 Å². The zero-order valence-electron chi connectivity index (χ0n) is 11.4. The van der Waals surface area contributed by atoms with Crippen LogP contribution in [0.2, 0.25) is 0 Å². The van der Waals surface area contributed by atoms with E-state index in [9.17, 15) is 4.79 Å². The van der Waals surface area contributed by atoms with Crippen LogP contribution in [0.4, 0.5) is 0 Å². The smallest absolute Gasteiger partial charge is 0.222 e. The highest BCUT2D eigenvalue weighted by atomic mass is 16.5. The van der Waals surface area contributed by atoms with Gasteiger partial charge in [-0.25, -0.2) is 4.98 Å².